The number of rotatable bonds is 8. The molecule has 0 atom stereocenters. The molecule has 1 aliphatic heterocycles. The van der Waals surface area contributed by atoms with Crippen molar-refractivity contribution in [3.8, 4) is 6.07 Å². The Bertz CT molecular complexity index is 1170. The van der Waals surface area contributed by atoms with Crippen molar-refractivity contribution >= 4 is 29.1 Å². The molecular weight excluding hydrogens is 456 g/mol. The molecule has 1 N–H and O–H groups in total. The first-order chi connectivity index (χ1) is 17.1. The van der Waals surface area contributed by atoms with Gasteiger partial charge in [0, 0.05) is 23.0 Å². The molecule has 4 rings (SSSR count). The van der Waals surface area contributed by atoms with E-state index in [-0.39, 0.29) is 6.61 Å². The summed E-state index contributed by atoms with van der Waals surface area (Å²) >= 11 is 6.64. The summed E-state index contributed by atoms with van der Waals surface area (Å²) in [5.74, 6) is 0. The quantitative estimate of drug-likeness (QED) is 0.231. The van der Waals surface area contributed by atoms with Gasteiger partial charge in [0.25, 0.3) is 0 Å². The predicted molar refractivity (Wildman–Crippen MR) is 144 cm³/mol. The van der Waals surface area contributed by atoms with Crippen LogP contribution in [0.5, 0.6) is 0 Å². The SMILES string of the molecule is CCCCc1ccc(N2CCCc3cc(/C=C/C4=C(Cl)C(=C(\C#N)COO)/CCC4)ccc32)cc1. The largest absolute Gasteiger partial charge is 0.341 e. The molecule has 0 radical (unpaired) electrons. The van der Waals surface area contributed by atoms with Crippen molar-refractivity contribution in [2.75, 3.05) is 18.1 Å². The van der Waals surface area contributed by atoms with E-state index in [1.807, 2.05) is 0 Å². The van der Waals surface area contributed by atoms with Gasteiger partial charge < -0.3 is 4.90 Å². The first-order valence-corrected chi connectivity index (χ1v) is 13.0. The monoisotopic (exact) mass is 488 g/mol. The minimum Gasteiger partial charge on any atom is -0.341 e. The van der Waals surface area contributed by atoms with Crippen LogP contribution in [-0.2, 0) is 17.7 Å². The minimum atomic E-state index is -0.137. The van der Waals surface area contributed by atoms with Gasteiger partial charge in [-0.25, -0.2) is 4.89 Å². The molecule has 2 aromatic carbocycles. The molecule has 182 valence electrons. The first-order valence-electron chi connectivity index (χ1n) is 12.6. The fourth-order valence-corrected chi connectivity index (χ4v) is 5.34. The van der Waals surface area contributed by atoms with E-state index in [0.717, 1.165) is 61.8 Å². The summed E-state index contributed by atoms with van der Waals surface area (Å²) in [7, 11) is 0. The van der Waals surface area contributed by atoms with Crippen LogP contribution in [0.25, 0.3) is 6.08 Å². The van der Waals surface area contributed by atoms with E-state index in [1.165, 1.54) is 35.3 Å². The van der Waals surface area contributed by atoms with Gasteiger partial charge in [0.2, 0.25) is 0 Å². The Kier molecular flexibility index (Phi) is 8.82. The third-order valence-corrected chi connectivity index (χ3v) is 7.36. The van der Waals surface area contributed by atoms with Crippen LogP contribution < -0.4 is 4.90 Å². The smallest absolute Gasteiger partial charge is 0.117 e. The van der Waals surface area contributed by atoms with E-state index in [4.69, 9.17) is 16.9 Å². The number of fused-ring (bicyclic) bond motifs is 1. The fourth-order valence-electron chi connectivity index (χ4n) is 4.97. The van der Waals surface area contributed by atoms with Gasteiger partial charge in [-0.05, 0) is 97.0 Å². The Hall–Kier alpha value is -2.84. The summed E-state index contributed by atoms with van der Waals surface area (Å²) in [6.07, 6.45) is 12.5. The number of hydrogen-bond donors (Lipinski definition) is 1. The van der Waals surface area contributed by atoms with Gasteiger partial charge in [-0.3, -0.25) is 5.26 Å². The zero-order valence-electron chi connectivity index (χ0n) is 20.4. The van der Waals surface area contributed by atoms with Crippen molar-refractivity contribution in [3.05, 3.63) is 87.0 Å². The maximum absolute atomic E-state index is 9.38. The van der Waals surface area contributed by atoms with Gasteiger partial charge in [0.1, 0.15) is 6.61 Å². The molecule has 0 aromatic heterocycles. The van der Waals surface area contributed by atoms with Gasteiger partial charge >= 0.3 is 0 Å². The molecule has 2 aliphatic rings. The second-order valence-electron chi connectivity index (χ2n) is 9.28. The molecule has 1 aliphatic carbocycles. The zero-order valence-corrected chi connectivity index (χ0v) is 21.2. The number of halogens is 1. The lowest BCUT2D eigenvalue weighted by Gasteiger charge is -2.31. The van der Waals surface area contributed by atoms with Gasteiger partial charge in [-0.15, -0.1) is 0 Å². The lowest BCUT2D eigenvalue weighted by Crippen LogP contribution is -2.24. The average molecular weight is 489 g/mol. The number of hydrogen-bond acceptors (Lipinski definition) is 4. The molecular formula is C30H33ClN2O2. The molecule has 0 saturated heterocycles. The first kappa shape index (κ1) is 25.3. The Morgan fingerprint density at radius 1 is 1.11 bits per heavy atom. The van der Waals surface area contributed by atoms with Crippen LogP contribution in [0, 0.1) is 11.3 Å². The van der Waals surface area contributed by atoms with E-state index in [1.54, 1.807) is 0 Å². The van der Waals surface area contributed by atoms with Crippen molar-refractivity contribution in [3.63, 3.8) is 0 Å². The van der Waals surface area contributed by atoms with Crippen LogP contribution in [0.2, 0.25) is 0 Å². The topological polar surface area (TPSA) is 56.5 Å². The molecule has 0 unspecified atom stereocenters. The minimum absolute atomic E-state index is 0.137. The van der Waals surface area contributed by atoms with E-state index in [2.05, 4.69) is 77.4 Å². The maximum atomic E-state index is 9.38. The van der Waals surface area contributed by atoms with E-state index in [0.29, 0.717) is 10.6 Å². The van der Waals surface area contributed by atoms with Gasteiger partial charge in [-0.1, -0.05) is 55.3 Å². The number of nitriles is 1. The van der Waals surface area contributed by atoms with Gasteiger partial charge in [-0.2, -0.15) is 5.26 Å². The second-order valence-corrected chi connectivity index (χ2v) is 9.66. The number of allylic oxidation sites excluding steroid dienone is 4. The molecule has 0 spiro atoms. The van der Waals surface area contributed by atoms with E-state index in [9.17, 15) is 5.26 Å². The number of nitrogens with zero attached hydrogens (tertiary/aromatic N) is 2. The number of anilines is 2. The van der Waals surface area contributed by atoms with Crippen molar-refractivity contribution < 1.29 is 10.1 Å². The molecule has 35 heavy (non-hydrogen) atoms. The van der Waals surface area contributed by atoms with Crippen molar-refractivity contribution in [1.29, 1.82) is 5.26 Å². The Morgan fingerprint density at radius 3 is 2.69 bits per heavy atom. The number of benzene rings is 2. The highest BCUT2D eigenvalue weighted by Crippen LogP contribution is 2.37. The zero-order chi connectivity index (χ0) is 24.6. The highest BCUT2D eigenvalue weighted by Gasteiger charge is 2.20. The summed E-state index contributed by atoms with van der Waals surface area (Å²) in [5.41, 5.74) is 8.64. The molecule has 2 aromatic rings. The molecule has 0 amide bonds. The van der Waals surface area contributed by atoms with E-state index >= 15 is 0 Å². The van der Waals surface area contributed by atoms with Crippen molar-refractivity contribution in [1.82, 2.24) is 0 Å². The lowest BCUT2D eigenvalue weighted by atomic mass is 9.91. The summed E-state index contributed by atoms with van der Waals surface area (Å²) < 4.78 is 0. The molecule has 0 saturated carbocycles. The van der Waals surface area contributed by atoms with Crippen LogP contribution in [0.1, 0.15) is 62.1 Å². The standard InChI is InChI=1S/C30H33ClN2O2/c1-2-3-6-22-11-15-27(16-12-22)33-18-5-8-25-19-23(13-17-29(25)33)10-14-24-7-4-9-28(30(24)31)26(20-32)21-35-34/h10-17,19,34H,2-9,18,21H2,1H3/b14-10+,28-26+. The van der Waals surface area contributed by atoms with Crippen molar-refractivity contribution in [2.45, 2.75) is 58.3 Å². The van der Waals surface area contributed by atoms with Gasteiger partial charge in [0.05, 0.1) is 11.6 Å². The Balaban J connectivity index is 1.54. The van der Waals surface area contributed by atoms with Crippen LogP contribution in [0.4, 0.5) is 11.4 Å². The molecule has 0 fully saturated rings. The van der Waals surface area contributed by atoms with Crippen LogP contribution in [0.15, 0.2) is 70.3 Å². The third kappa shape index (κ3) is 6.05. The van der Waals surface area contributed by atoms with Crippen molar-refractivity contribution in [2.24, 2.45) is 0 Å². The average Bonchev–Trinajstić information content (AvgIpc) is 2.90. The highest BCUT2D eigenvalue weighted by molar-refractivity contribution is 6.32. The van der Waals surface area contributed by atoms with E-state index < -0.39 is 0 Å². The van der Waals surface area contributed by atoms with Crippen LogP contribution in [-0.4, -0.2) is 18.4 Å². The maximum Gasteiger partial charge on any atom is 0.117 e. The number of unbranched alkanes of at least 4 members (excludes halogenated alkanes) is 1. The Morgan fingerprint density at radius 2 is 1.94 bits per heavy atom. The summed E-state index contributed by atoms with van der Waals surface area (Å²) in [6.45, 7) is 3.13. The molecule has 5 heteroatoms. The summed E-state index contributed by atoms with van der Waals surface area (Å²) in [6, 6.07) is 17.8. The van der Waals surface area contributed by atoms with Crippen LogP contribution in [0.3, 0.4) is 0 Å². The van der Waals surface area contributed by atoms with Gasteiger partial charge in [0.15, 0.2) is 0 Å². The summed E-state index contributed by atoms with van der Waals surface area (Å²) in [5, 5.41) is 18.8. The fraction of sp³-hybridized carbons (Fsp3) is 0.367. The molecule has 1 heterocycles. The lowest BCUT2D eigenvalue weighted by molar-refractivity contribution is -0.233. The molecule has 0 bridgehead atoms. The normalized spacial score (nSPS) is 17.5. The Labute approximate surface area is 213 Å². The third-order valence-electron chi connectivity index (χ3n) is 6.89. The number of aryl methyl sites for hydroxylation is 2. The predicted octanol–water partition coefficient (Wildman–Crippen LogP) is 8.11. The molecule has 4 nitrogen and oxygen atoms in total. The van der Waals surface area contributed by atoms with Crippen LogP contribution >= 0.6 is 11.6 Å². The summed E-state index contributed by atoms with van der Waals surface area (Å²) in [4.78, 5) is 6.62. The second kappa shape index (κ2) is 12.2. The highest BCUT2D eigenvalue weighted by atomic mass is 35.5.